The zero-order valence-electron chi connectivity index (χ0n) is 18.4. The lowest BCUT2D eigenvalue weighted by Gasteiger charge is -2.30. The number of carbonyl (C=O) groups is 1. The number of methoxy groups -OCH3 is 1. The fourth-order valence-corrected chi connectivity index (χ4v) is 3.82. The van der Waals surface area contributed by atoms with Crippen LogP contribution < -0.4 is 14.2 Å². The van der Waals surface area contributed by atoms with Gasteiger partial charge in [-0.05, 0) is 51.5 Å². The lowest BCUT2D eigenvalue weighted by Crippen LogP contribution is -2.46. The van der Waals surface area contributed by atoms with Crippen molar-refractivity contribution in [3.05, 3.63) is 53.8 Å². The van der Waals surface area contributed by atoms with Crippen LogP contribution in [0.4, 0.5) is 9.18 Å². The van der Waals surface area contributed by atoms with E-state index in [2.05, 4.69) is 5.32 Å². The van der Waals surface area contributed by atoms with Gasteiger partial charge in [-0.3, -0.25) is 0 Å². The SMILES string of the molecule is CC[C@H](C)N(Cc1ccccc1OS(=O)(=O)c1ccc(OC)c(F)c1)C(=O)NC(C)C. The van der Waals surface area contributed by atoms with Crippen LogP contribution in [0.15, 0.2) is 47.4 Å². The van der Waals surface area contributed by atoms with Gasteiger partial charge in [0.05, 0.1) is 13.7 Å². The number of urea groups is 1. The van der Waals surface area contributed by atoms with Gasteiger partial charge in [0.15, 0.2) is 11.6 Å². The zero-order valence-corrected chi connectivity index (χ0v) is 19.2. The van der Waals surface area contributed by atoms with Crippen molar-refractivity contribution in [2.75, 3.05) is 7.11 Å². The van der Waals surface area contributed by atoms with E-state index in [0.29, 0.717) is 5.56 Å². The Bertz CT molecular complexity index is 1010. The van der Waals surface area contributed by atoms with Crippen molar-refractivity contribution in [2.24, 2.45) is 0 Å². The standard InChI is InChI=1S/C22H29FN2O5S/c1-6-16(4)25(22(26)24-15(2)3)14-17-9-7-8-10-20(17)30-31(27,28)18-11-12-21(29-5)19(23)13-18/h7-13,15-16H,6,14H2,1-5H3,(H,24,26)/t16-/m0/s1. The molecule has 1 atom stereocenters. The van der Waals surface area contributed by atoms with E-state index in [4.69, 9.17) is 8.92 Å². The smallest absolute Gasteiger partial charge is 0.339 e. The fraction of sp³-hybridized carbons (Fsp3) is 0.409. The number of hydrogen-bond acceptors (Lipinski definition) is 5. The van der Waals surface area contributed by atoms with Crippen molar-refractivity contribution < 1.29 is 26.5 Å². The highest BCUT2D eigenvalue weighted by Gasteiger charge is 2.24. The molecule has 170 valence electrons. The maximum atomic E-state index is 14.0. The van der Waals surface area contributed by atoms with Gasteiger partial charge in [-0.2, -0.15) is 8.42 Å². The first kappa shape index (κ1) is 24.5. The number of hydrogen-bond donors (Lipinski definition) is 1. The van der Waals surface area contributed by atoms with E-state index in [-0.39, 0.29) is 41.1 Å². The predicted octanol–water partition coefficient (Wildman–Crippen LogP) is 4.32. The van der Waals surface area contributed by atoms with Crippen LogP contribution in [0.2, 0.25) is 0 Å². The molecule has 2 aromatic carbocycles. The van der Waals surface area contributed by atoms with Crippen molar-refractivity contribution >= 4 is 16.1 Å². The quantitative estimate of drug-likeness (QED) is 0.573. The molecular weight excluding hydrogens is 423 g/mol. The number of amides is 2. The van der Waals surface area contributed by atoms with Gasteiger partial charge in [0.25, 0.3) is 0 Å². The molecule has 0 aromatic heterocycles. The molecule has 0 aliphatic carbocycles. The third kappa shape index (κ3) is 6.33. The summed E-state index contributed by atoms with van der Waals surface area (Å²) in [5.74, 6) is -0.808. The first-order valence-electron chi connectivity index (χ1n) is 10.0. The van der Waals surface area contributed by atoms with E-state index in [9.17, 15) is 17.6 Å². The number of carbonyl (C=O) groups excluding carboxylic acids is 1. The van der Waals surface area contributed by atoms with Gasteiger partial charge in [0, 0.05) is 17.6 Å². The molecule has 0 aliphatic heterocycles. The monoisotopic (exact) mass is 452 g/mol. The topological polar surface area (TPSA) is 84.9 Å². The molecule has 0 radical (unpaired) electrons. The predicted molar refractivity (Wildman–Crippen MR) is 116 cm³/mol. The molecule has 2 amide bonds. The van der Waals surface area contributed by atoms with Crippen molar-refractivity contribution in [3.8, 4) is 11.5 Å². The Morgan fingerprint density at radius 3 is 2.39 bits per heavy atom. The lowest BCUT2D eigenvalue weighted by atomic mass is 10.1. The summed E-state index contributed by atoms with van der Waals surface area (Å²) in [6, 6.07) is 9.45. The molecule has 0 aliphatic rings. The van der Waals surface area contributed by atoms with Gasteiger partial charge in [-0.1, -0.05) is 25.1 Å². The average Bonchev–Trinajstić information content (AvgIpc) is 2.71. The molecule has 0 spiro atoms. The summed E-state index contributed by atoms with van der Waals surface area (Å²) in [6.07, 6.45) is 0.720. The second-order valence-corrected chi connectivity index (χ2v) is 8.98. The van der Waals surface area contributed by atoms with Gasteiger partial charge in [0.1, 0.15) is 10.6 Å². The lowest BCUT2D eigenvalue weighted by molar-refractivity contribution is 0.170. The Balaban J connectivity index is 2.34. The second kappa shape index (κ2) is 10.5. The Hall–Kier alpha value is -2.81. The molecule has 0 saturated heterocycles. The van der Waals surface area contributed by atoms with Crippen LogP contribution in [0.3, 0.4) is 0 Å². The van der Waals surface area contributed by atoms with E-state index in [1.807, 2.05) is 27.7 Å². The number of rotatable bonds is 9. The third-order valence-corrected chi connectivity index (χ3v) is 5.95. The summed E-state index contributed by atoms with van der Waals surface area (Å²) in [5.41, 5.74) is 0.513. The Morgan fingerprint density at radius 1 is 1.13 bits per heavy atom. The number of ether oxygens (including phenoxy) is 1. The number of nitrogens with one attached hydrogen (secondary N) is 1. The van der Waals surface area contributed by atoms with Crippen molar-refractivity contribution in [2.45, 2.75) is 57.6 Å². The molecule has 2 aromatic rings. The highest BCUT2D eigenvalue weighted by Crippen LogP contribution is 2.27. The summed E-state index contributed by atoms with van der Waals surface area (Å²) < 4.78 is 49.6. The van der Waals surface area contributed by atoms with Crippen LogP contribution >= 0.6 is 0 Å². The summed E-state index contributed by atoms with van der Waals surface area (Å²) in [5, 5.41) is 2.86. The van der Waals surface area contributed by atoms with Crippen molar-refractivity contribution in [1.82, 2.24) is 10.2 Å². The Labute approximate surface area is 183 Å². The van der Waals surface area contributed by atoms with Crippen molar-refractivity contribution in [1.29, 1.82) is 0 Å². The molecule has 9 heteroatoms. The van der Waals surface area contributed by atoms with Crippen LogP contribution in [-0.4, -0.2) is 38.5 Å². The number of nitrogens with zero attached hydrogens (tertiary/aromatic N) is 1. The van der Waals surface area contributed by atoms with E-state index in [1.165, 1.54) is 25.3 Å². The van der Waals surface area contributed by atoms with Gasteiger partial charge >= 0.3 is 16.1 Å². The van der Waals surface area contributed by atoms with Crippen LogP contribution in [0, 0.1) is 5.82 Å². The van der Waals surface area contributed by atoms with Gasteiger partial charge in [-0.25, -0.2) is 9.18 Å². The second-order valence-electron chi connectivity index (χ2n) is 7.43. The van der Waals surface area contributed by atoms with E-state index >= 15 is 0 Å². The molecule has 2 rings (SSSR count). The third-order valence-electron chi connectivity index (χ3n) is 4.72. The Kier molecular flexibility index (Phi) is 8.27. The summed E-state index contributed by atoms with van der Waals surface area (Å²) in [7, 11) is -3.01. The van der Waals surface area contributed by atoms with Crippen LogP contribution in [0.5, 0.6) is 11.5 Å². The maximum absolute atomic E-state index is 14.0. The molecular formula is C22H29FN2O5S. The summed E-state index contributed by atoms with van der Waals surface area (Å²) in [6.45, 7) is 7.76. The van der Waals surface area contributed by atoms with Gasteiger partial charge < -0.3 is 19.1 Å². The Morgan fingerprint density at radius 2 is 1.81 bits per heavy atom. The van der Waals surface area contributed by atoms with Crippen molar-refractivity contribution in [3.63, 3.8) is 0 Å². The molecule has 1 N–H and O–H groups in total. The largest absolute Gasteiger partial charge is 0.494 e. The summed E-state index contributed by atoms with van der Waals surface area (Å²) in [4.78, 5) is 14.0. The van der Waals surface area contributed by atoms with Gasteiger partial charge in [-0.15, -0.1) is 0 Å². The fourth-order valence-electron chi connectivity index (χ4n) is 2.85. The number of para-hydroxylation sites is 1. The average molecular weight is 453 g/mol. The van der Waals surface area contributed by atoms with Crippen LogP contribution in [0.25, 0.3) is 0 Å². The molecule has 7 nitrogen and oxygen atoms in total. The minimum absolute atomic E-state index is 0.0455. The first-order chi connectivity index (χ1) is 14.6. The summed E-state index contributed by atoms with van der Waals surface area (Å²) >= 11 is 0. The molecule has 0 unspecified atom stereocenters. The maximum Gasteiger partial charge on any atom is 0.339 e. The van der Waals surface area contributed by atoms with Gasteiger partial charge in [0.2, 0.25) is 0 Å². The molecule has 0 heterocycles. The number of benzene rings is 2. The molecule has 0 saturated carbocycles. The normalized spacial score (nSPS) is 12.4. The highest BCUT2D eigenvalue weighted by molar-refractivity contribution is 7.87. The van der Waals surface area contributed by atoms with E-state index in [0.717, 1.165) is 12.5 Å². The zero-order chi connectivity index (χ0) is 23.2. The van der Waals surface area contributed by atoms with Crippen LogP contribution in [-0.2, 0) is 16.7 Å². The molecule has 31 heavy (non-hydrogen) atoms. The molecule has 0 fully saturated rings. The minimum Gasteiger partial charge on any atom is -0.494 e. The highest BCUT2D eigenvalue weighted by atomic mass is 32.2. The van der Waals surface area contributed by atoms with Crippen LogP contribution in [0.1, 0.15) is 39.7 Å². The van der Waals surface area contributed by atoms with E-state index in [1.54, 1.807) is 23.1 Å². The van der Waals surface area contributed by atoms with E-state index < -0.39 is 15.9 Å². The molecule has 0 bridgehead atoms. The number of halogens is 1. The first-order valence-corrected chi connectivity index (χ1v) is 11.4. The minimum atomic E-state index is -4.30.